The number of aryl methyl sites for hydroxylation is 1. The summed E-state index contributed by atoms with van der Waals surface area (Å²) >= 11 is 6.05. The van der Waals surface area contributed by atoms with Gasteiger partial charge in [0.25, 0.3) is 0 Å². The molecule has 112 valence electrons. The Hall–Kier alpha value is -1.51. The molecule has 0 saturated carbocycles. The Morgan fingerprint density at radius 3 is 2.48 bits per heavy atom. The summed E-state index contributed by atoms with van der Waals surface area (Å²) in [5, 5.41) is 0.672. The van der Waals surface area contributed by atoms with Gasteiger partial charge in [0.1, 0.15) is 11.5 Å². The van der Waals surface area contributed by atoms with Crippen LogP contribution in [-0.2, 0) is 12.8 Å². The third-order valence-corrected chi connectivity index (χ3v) is 3.65. The van der Waals surface area contributed by atoms with Crippen molar-refractivity contribution >= 4 is 11.6 Å². The smallest absolute Gasteiger partial charge is 0.132 e. The normalized spacial score (nSPS) is 10.6. The highest BCUT2D eigenvalue weighted by atomic mass is 35.5. The quantitative estimate of drug-likeness (QED) is 0.783. The van der Waals surface area contributed by atoms with E-state index in [2.05, 4.69) is 19.1 Å². The number of hydrogen-bond donors (Lipinski definition) is 1. The van der Waals surface area contributed by atoms with E-state index < -0.39 is 0 Å². The molecule has 0 saturated heterocycles. The maximum Gasteiger partial charge on any atom is 0.132 e. The summed E-state index contributed by atoms with van der Waals surface area (Å²) < 4.78 is 5.96. The summed E-state index contributed by atoms with van der Waals surface area (Å²) in [7, 11) is 0. The maximum absolute atomic E-state index is 6.05. The van der Waals surface area contributed by atoms with Gasteiger partial charge < -0.3 is 10.5 Å². The summed E-state index contributed by atoms with van der Waals surface area (Å²) in [4.78, 5) is 0. The van der Waals surface area contributed by atoms with Crippen LogP contribution in [0.5, 0.6) is 11.5 Å². The van der Waals surface area contributed by atoms with Gasteiger partial charge in [0.15, 0.2) is 0 Å². The van der Waals surface area contributed by atoms with Gasteiger partial charge in [-0.2, -0.15) is 0 Å². The largest absolute Gasteiger partial charge is 0.457 e. The zero-order chi connectivity index (χ0) is 15.1. The fraction of sp³-hybridized carbons (Fsp3) is 0.333. The molecule has 2 nitrogen and oxygen atoms in total. The van der Waals surface area contributed by atoms with E-state index in [1.54, 1.807) is 0 Å². The second-order valence-electron chi connectivity index (χ2n) is 5.14. The van der Waals surface area contributed by atoms with Crippen LogP contribution in [-0.4, -0.2) is 6.54 Å². The Bertz CT molecular complexity index is 566. The van der Waals surface area contributed by atoms with Gasteiger partial charge in [0, 0.05) is 5.02 Å². The van der Waals surface area contributed by atoms with E-state index in [4.69, 9.17) is 22.1 Å². The zero-order valence-electron chi connectivity index (χ0n) is 12.4. The molecule has 2 rings (SSSR count). The third kappa shape index (κ3) is 4.76. The zero-order valence-corrected chi connectivity index (χ0v) is 13.2. The summed E-state index contributed by atoms with van der Waals surface area (Å²) in [6.07, 6.45) is 4.33. The highest BCUT2D eigenvalue weighted by molar-refractivity contribution is 6.30. The summed E-state index contributed by atoms with van der Waals surface area (Å²) in [6.45, 7) is 2.80. The molecule has 0 fully saturated rings. The van der Waals surface area contributed by atoms with Gasteiger partial charge >= 0.3 is 0 Å². The number of unbranched alkanes of at least 4 members (excludes halogenated alkanes) is 1. The predicted molar refractivity (Wildman–Crippen MR) is 89.3 cm³/mol. The van der Waals surface area contributed by atoms with Crippen LogP contribution in [0.3, 0.4) is 0 Å². The van der Waals surface area contributed by atoms with Crippen LogP contribution in [0.15, 0.2) is 42.5 Å². The van der Waals surface area contributed by atoms with Gasteiger partial charge in [0.2, 0.25) is 0 Å². The number of nitrogens with two attached hydrogens (primary N) is 1. The second kappa shape index (κ2) is 8.06. The first-order chi connectivity index (χ1) is 10.2. The highest BCUT2D eigenvalue weighted by Crippen LogP contribution is 2.29. The van der Waals surface area contributed by atoms with Crippen LogP contribution < -0.4 is 10.5 Å². The van der Waals surface area contributed by atoms with E-state index in [1.807, 2.05) is 30.3 Å². The average molecular weight is 304 g/mol. The number of benzene rings is 2. The third-order valence-electron chi connectivity index (χ3n) is 3.41. The molecule has 21 heavy (non-hydrogen) atoms. The van der Waals surface area contributed by atoms with Gasteiger partial charge in [-0.3, -0.25) is 0 Å². The molecule has 2 aromatic carbocycles. The summed E-state index contributed by atoms with van der Waals surface area (Å²) in [5.74, 6) is 1.62. The molecule has 0 heterocycles. The first kappa shape index (κ1) is 15.9. The minimum absolute atomic E-state index is 0.591. The first-order valence-electron chi connectivity index (χ1n) is 7.48. The van der Waals surface area contributed by atoms with Gasteiger partial charge in [-0.05, 0) is 61.2 Å². The van der Waals surface area contributed by atoms with Crippen molar-refractivity contribution in [3.63, 3.8) is 0 Å². The fourth-order valence-electron chi connectivity index (χ4n) is 2.22. The molecule has 0 aliphatic carbocycles. The van der Waals surface area contributed by atoms with E-state index >= 15 is 0 Å². The Morgan fingerprint density at radius 1 is 1.05 bits per heavy atom. The van der Waals surface area contributed by atoms with E-state index in [0.717, 1.165) is 29.9 Å². The molecule has 0 amide bonds. The number of rotatable bonds is 7. The molecule has 0 aliphatic heterocycles. The molecular formula is C18H22ClNO. The molecule has 0 spiro atoms. The molecule has 0 bridgehead atoms. The average Bonchev–Trinajstić information content (AvgIpc) is 2.49. The van der Waals surface area contributed by atoms with Gasteiger partial charge in [-0.1, -0.05) is 43.1 Å². The van der Waals surface area contributed by atoms with E-state index in [0.29, 0.717) is 11.6 Å². The van der Waals surface area contributed by atoms with Crippen LogP contribution in [0.4, 0.5) is 0 Å². The van der Waals surface area contributed by atoms with Gasteiger partial charge in [-0.25, -0.2) is 0 Å². The monoisotopic (exact) mass is 303 g/mol. The lowest BCUT2D eigenvalue weighted by Crippen LogP contribution is -2.04. The van der Waals surface area contributed by atoms with E-state index in [-0.39, 0.29) is 0 Å². The minimum atomic E-state index is 0.591. The van der Waals surface area contributed by atoms with Crippen LogP contribution in [0, 0.1) is 0 Å². The van der Waals surface area contributed by atoms with Crippen molar-refractivity contribution in [1.82, 2.24) is 0 Å². The van der Waals surface area contributed by atoms with E-state index in [1.165, 1.54) is 18.4 Å². The lowest BCUT2D eigenvalue weighted by Gasteiger charge is -2.11. The number of halogens is 1. The van der Waals surface area contributed by atoms with Crippen molar-refractivity contribution in [2.75, 3.05) is 6.54 Å². The molecular weight excluding hydrogens is 282 g/mol. The molecule has 0 radical (unpaired) electrons. The van der Waals surface area contributed by atoms with Crippen LogP contribution in [0.1, 0.15) is 30.9 Å². The topological polar surface area (TPSA) is 35.2 Å². The summed E-state index contributed by atoms with van der Waals surface area (Å²) in [5.41, 5.74) is 8.06. The van der Waals surface area contributed by atoms with Crippen LogP contribution >= 0.6 is 11.6 Å². The molecule has 3 heteroatoms. The summed E-state index contributed by atoms with van der Waals surface area (Å²) in [6, 6.07) is 14.0. The molecule has 0 atom stereocenters. The van der Waals surface area contributed by atoms with Gasteiger partial charge in [-0.15, -0.1) is 0 Å². The Balaban J connectivity index is 2.12. The second-order valence-corrected chi connectivity index (χ2v) is 5.58. The maximum atomic E-state index is 6.05. The number of ether oxygens (including phenoxy) is 1. The molecule has 0 aromatic heterocycles. The SMILES string of the molecule is CCCCc1ccc(Oc2cc(Cl)ccc2CCN)cc1. The van der Waals surface area contributed by atoms with Crippen LogP contribution in [0.25, 0.3) is 0 Å². The van der Waals surface area contributed by atoms with Crippen molar-refractivity contribution < 1.29 is 4.74 Å². The van der Waals surface area contributed by atoms with Crippen LogP contribution in [0.2, 0.25) is 5.02 Å². The van der Waals surface area contributed by atoms with E-state index in [9.17, 15) is 0 Å². The lowest BCUT2D eigenvalue weighted by molar-refractivity contribution is 0.476. The van der Waals surface area contributed by atoms with Crippen molar-refractivity contribution in [2.24, 2.45) is 5.73 Å². The van der Waals surface area contributed by atoms with Gasteiger partial charge in [0.05, 0.1) is 0 Å². The fourth-order valence-corrected chi connectivity index (χ4v) is 2.38. The minimum Gasteiger partial charge on any atom is -0.457 e. The van der Waals surface area contributed by atoms with Crippen molar-refractivity contribution in [3.8, 4) is 11.5 Å². The highest BCUT2D eigenvalue weighted by Gasteiger charge is 2.06. The molecule has 2 N–H and O–H groups in total. The predicted octanol–water partition coefficient (Wildman–Crippen LogP) is 4.98. The number of hydrogen-bond acceptors (Lipinski definition) is 2. The molecule has 0 unspecified atom stereocenters. The molecule has 0 aliphatic rings. The van der Waals surface area contributed by atoms with Crippen molar-refractivity contribution in [2.45, 2.75) is 32.6 Å². The standard InChI is InChI=1S/C18H22ClNO/c1-2-3-4-14-5-9-17(10-6-14)21-18-13-16(19)8-7-15(18)11-12-20/h5-10,13H,2-4,11-12,20H2,1H3. The van der Waals surface area contributed by atoms with Crippen molar-refractivity contribution in [1.29, 1.82) is 0 Å². The lowest BCUT2D eigenvalue weighted by atomic mass is 10.1. The Labute approximate surface area is 131 Å². The van der Waals surface area contributed by atoms with Crippen molar-refractivity contribution in [3.05, 3.63) is 58.6 Å². The Morgan fingerprint density at radius 2 is 1.81 bits per heavy atom. The molecule has 2 aromatic rings. The Kier molecular flexibility index (Phi) is 6.09. The first-order valence-corrected chi connectivity index (χ1v) is 7.86.